The predicted molar refractivity (Wildman–Crippen MR) is 68.6 cm³/mol. The molecular formula is C10H22O10S. The lowest BCUT2D eigenvalue weighted by Gasteiger charge is -2.32. The van der Waals surface area contributed by atoms with E-state index in [0.29, 0.717) is 0 Å². The number of aliphatic hydroxyl groups is 5. The number of hydrogen-bond acceptors (Lipinski definition) is 9. The van der Waals surface area contributed by atoms with E-state index < -0.39 is 67.5 Å². The van der Waals surface area contributed by atoms with Crippen molar-refractivity contribution in [3.05, 3.63) is 0 Å². The van der Waals surface area contributed by atoms with Gasteiger partial charge in [0.25, 0.3) is 0 Å². The van der Waals surface area contributed by atoms with Crippen LogP contribution < -0.4 is 0 Å². The van der Waals surface area contributed by atoms with E-state index in [9.17, 15) is 18.6 Å². The normalized spacial score (nSPS) is 13.6. The highest BCUT2D eigenvalue weighted by atomic mass is 32.3. The Kier molecular flexibility index (Phi) is 8.77. The summed E-state index contributed by atoms with van der Waals surface area (Å²) in [7, 11) is -4.74. The highest BCUT2D eigenvalue weighted by Crippen LogP contribution is 2.21. The minimum absolute atomic E-state index is 0.301. The van der Waals surface area contributed by atoms with Crippen molar-refractivity contribution in [1.29, 1.82) is 0 Å². The van der Waals surface area contributed by atoms with Crippen LogP contribution in [0.4, 0.5) is 0 Å². The molecule has 10 nitrogen and oxygen atoms in total. The average molecular weight is 334 g/mol. The molecule has 0 radical (unpaired) electrons. The van der Waals surface area contributed by atoms with Gasteiger partial charge in [0, 0.05) is 0 Å². The second kappa shape index (κ2) is 8.92. The topological polar surface area (TPSA) is 174 Å². The molecule has 0 aliphatic rings. The number of hydrogen-bond donors (Lipinski definition) is 6. The third-order valence-electron chi connectivity index (χ3n) is 3.01. The summed E-state index contributed by atoms with van der Waals surface area (Å²) >= 11 is 0. The van der Waals surface area contributed by atoms with Crippen LogP contribution in [-0.4, -0.2) is 91.4 Å². The van der Waals surface area contributed by atoms with E-state index in [4.69, 9.17) is 24.6 Å². The van der Waals surface area contributed by atoms with Crippen molar-refractivity contribution in [3.8, 4) is 0 Å². The van der Waals surface area contributed by atoms with Gasteiger partial charge in [0.1, 0.15) is 0 Å². The van der Waals surface area contributed by atoms with Crippen LogP contribution in [0.2, 0.25) is 0 Å². The molecule has 0 amide bonds. The Morgan fingerprint density at radius 2 is 1.10 bits per heavy atom. The van der Waals surface area contributed by atoms with E-state index in [0.717, 1.165) is 0 Å². The van der Waals surface area contributed by atoms with Crippen molar-refractivity contribution < 1.29 is 47.4 Å². The van der Waals surface area contributed by atoms with Crippen LogP contribution >= 0.6 is 0 Å². The first kappa shape index (κ1) is 20.6. The molecule has 0 aromatic carbocycles. The molecule has 0 aliphatic heterocycles. The van der Waals surface area contributed by atoms with E-state index in [-0.39, 0.29) is 6.61 Å². The molecule has 128 valence electrons. The van der Waals surface area contributed by atoms with Gasteiger partial charge in [-0.3, -0.25) is 4.55 Å². The maximum atomic E-state index is 10.5. The van der Waals surface area contributed by atoms with Crippen molar-refractivity contribution >= 4 is 10.4 Å². The Hall–Kier alpha value is -0.370. The van der Waals surface area contributed by atoms with E-state index in [1.54, 1.807) is 0 Å². The molecule has 0 aliphatic carbocycles. The summed E-state index contributed by atoms with van der Waals surface area (Å²) in [6, 6.07) is 0. The van der Waals surface area contributed by atoms with Gasteiger partial charge in [0.15, 0.2) is 0 Å². The smallest absolute Gasteiger partial charge is 0.396 e. The molecule has 0 bridgehead atoms. The fourth-order valence-corrected chi connectivity index (χ4v) is 1.64. The number of rotatable bonds is 12. The van der Waals surface area contributed by atoms with Gasteiger partial charge in [-0.15, -0.1) is 0 Å². The van der Waals surface area contributed by atoms with E-state index in [1.165, 1.54) is 0 Å². The van der Waals surface area contributed by atoms with Crippen molar-refractivity contribution in [2.75, 3.05) is 52.9 Å². The molecule has 0 rings (SSSR count). The molecule has 0 aromatic rings. The summed E-state index contributed by atoms with van der Waals surface area (Å²) in [6.07, 6.45) is 0. The molecule has 0 heterocycles. The zero-order chi connectivity index (χ0) is 16.6. The molecular weight excluding hydrogens is 312 g/mol. The van der Waals surface area contributed by atoms with Crippen molar-refractivity contribution in [2.24, 2.45) is 10.8 Å². The largest absolute Gasteiger partial charge is 0.397 e. The lowest BCUT2D eigenvalue weighted by molar-refractivity contribution is -0.100. The maximum absolute atomic E-state index is 10.5. The van der Waals surface area contributed by atoms with E-state index >= 15 is 0 Å². The van der Waals surface area contributed by atoms with Gasteiger partial charge in [-0.05, 0) is 0 Å². The lowest BCUT2D eigenvalue weighted by atomic mass is 9.91. The van der Waals surface area contributed by atoms with Crippen LogP contribution in [0.1, 0.15) is 0 Å². The second-order valence-electron chi connectivity index (χ2n) is 4.97. The first-order valence-corrected chi connectivity index (χ1v) is 7.32. The van der Waals surface area contributed by atoms with Crippen LogP contribution in [0.25, 0.3) is 0 Å². The molecule has 0 spiro atoms. The van der Waals surface area contributed by atoms with Gasteiger partial charge < -0.3 is 30.3 Å². The Labute approximate surface area is 122 Å². The lowest BCUT2D eigenvalue weighted by Crippen LogP contribution is -2.44. The van der Waals surface area contributed by atoms with Crippen LogP contribution in [0.5, 0.6) is 0 Å². The fourth-order valence-electron chi connectivity index (χ4n) is 1.24. The SMILES string of the molecule is O=S(=O)(O)OCC(CO)(CO)COCC(CO)(CO)CO. The highest BCUT2D eigenvalue weighted by Gasteiger charge is 2.34. The van der Waals surface area contributed by atoms with E-state index in [1.807, 2.05) is 0 Å². The molecule has 0 atom stereocenters. The molecule has 0 aromatic heterocycles. The van der Waals surface area contributed by atoms with Gasteiger partial charge in [0.05, 0.1) is 63.7 Å². The summed E-state index contributed by atoms with van der Waals surface area (Å²) in [5, 5.41) is 45.7. The third-order valence-corrected chi connectivity index (χ3v) is 3.42. The molecule has 11 heteroatoms. The highest BCUT2D eigenvalue weighted by molar-refractivity contribution is 7.80. The van der Waals surface area contributed by atoms with Gasteiger partial charge in [-0.2, -0.15) is 8.42 Å². The van der Waals surface area contributed by atoms with Gasteiger partial charge in [-0.25, -0.2) is 4.18 Å². The minimum Gasteiger partial charge on any atom is -0.396 e. The molecule has 0 saturated heterocycles. The van der Waals surface area contributed by atoms with Crippen LogP contribution in [-0.2, 0) is 19.3 Å². The monoisotopic (exact) mass is 334 g/mol. The second-order valence-corrected chi connectivity index (χ2v) is 6.06. The number of aliphatic hydroxyl groups excluding tert-OH is 5. The summed E-state index contributed by atoms with van der Waals surface area (Å²) in [5.41, 5.74) is -2.82. The molecule has 0 fully saturated rings. The number of ether oxygens (including phenoxy) is 1. The fraction of sp³-hybridized carbons (Fsp3) is 1.00. The van der Waals surface area contributed by atoms with Crippen LogP contribution in [0.15, 0.2) is 0 Å². The molecule has 0 unspecified atom stereocenters. The van der Waals surface area contributed by atoms with Gasteiger partial charge >= 0.3 is 10.4 Å². The summed E-state index contributed by atoms with van der Waals surface area (Å²) in [6.45, 7) is -4.52. The summed E-state index contributed by atoms with van der Waals surface area (Å²) < 4.78 is 38.8. The molecule has 21 heavy (non-hydrogen) atoms. The minimum atomic E-state index is -4.74. The van der Waals surface area contributed by atoms with Gasteiger partial charge in [0.2, 0.25) is 0 Å². The zero-order valence-electron chi connectivity index (χ0n) is 11.4. The Balaban J connectivity index is 4.64. The van der Waals surface area contributed by atoms with Crippen LogP contribution in [0.3, 0.4) is 0 Å². The first-order chi connectivity index (χ1) is 9.72. The first-order valence-electron chi connectivity index (χ1n) is 5.96. The summed E-state index contributed by atoms with van der Waals surface area (Å²) in [4.78, 5) is 0. The maximum Gasteiger partial charge on any atom is 0.397 e. The Morgan fingerprint density at radius 1 is 0.714 bits per heavy atom. The Bertz CT molecular complexity index is 365. The Morgan fingerprint density at radius 3 is 1.43 bits per heavy atom. The van der Waals surface area contributed by atoms with Crippen molar-refractivity contribution in [2.45, 2.75) is 0 Å². The quantitative estimate of drug-likeness (QED) is 0.199. The predicted octanol–water partition coefficient (Wildman–Crippen LogP) is -3.24. The van der Waals surface area contributed by atoms with Crippen molar-refractivity contribution in [1.82, 2.24) is 0 Å². The zero-order valence-corrected chi connectivity index (χ0v) is 12.2. The van der Waals surface area contributed by atoms with E-state index in [2.05, 4.69) is 4.18 Å². The molecule has 0 saturated carbocycles. The average Bonchev–Trinajstić information content (AvgIpc) is 2.47. The van der Waals surface area contributed by atoms with Crippen LogP contribution in [0, 0.1) is 10.8 Å². The van der Waals surface area contributed by atoms with Gasteiger partial charge in [-0.1, -0.05) is 0 Å². The van der Waals surface area contributed by atoms with Crippen molar-refractivity contribution in [3.63, 3.8) is 0 Å². The summed E-state index contributed by atoms with van der Waals surface area (Å²) in [5.74, 6) is 0. The molecule has 6 N–H and O–H groups in total. The third kappa shape index (κ3) is 6.95. The standard InChI is InChI=1S/C10H22O10S/c11-1-9(2-12,3-13)6-19-7-10(4-14,5-15)8-20-21(16,17)18/h11-15H,1-8H2,(H,16,17,18).